The minimum absolute atomic E-state index is 0.0109. The number of piperazine rings is 1. The van der Waals surface area contributed by atoms with E-state index in [9.17, 15) is 15.0 Å². The molecule has 4 saturated carbocycles. The molecule has 1 amide bonds. The number of nitrogens with one attached hydrogen (secondary N) is 1. The van der Waals surface area contributed by atoms with Crippen LogP contribution in [-0.4, -0.2) is 58.4 Å². The Morgan fingerprint density at radius 2 is 1.76 bits per heavy atom. The number of benzene rings is 1. The van der Waals surface area contributed by atoms with Gasteiger partial charge in [-0.1, -0.05) is 12.1 Å². The molecule has 2 unspecified atom stereocenters. The molecule has 5 aliphatic rings. The molecule has 0 radical (unpaired) electrons. The van der Waals surface area contributed by atoms with Gasteiger partial charge in [-0.15, -0.1) is 0 Å². The van der Waals surface area contributed by atoms with Gasteiger partial charge in [0.05, 0.1) is 11.2 Å². The highest BCUT2D eigenvalue weighted by Crippen LogP contribution is 2.55. The topological polar surface area (TPSA) is 88.9 Å². The van der Waals surface area contributed by atoms with Gasteiger partial charge in [0.2, 0.25) is 0 Å². The number of aromatic nitrogens is 1. The van der Waals surface area contributed by atoms with Gasteiger partial charge in [0.15, 0.2) is 11.6 Å². The SMILES string of the molecule is C[C@@H]1CN(c2ccc(C(C)(C)O)cc2)CCN1c1nc(C(=O)NC2C3CC4CC2CC(O)(C4)C3)ccc1F. The highest BCUT2D eigenvalue weighted by atomic mass is 19.1. The minimum atomic E-state index is -0.887. The van der Waals surface area contributed by atoms with Crippen LogP contribution in [0.5, 0.6) is 0 Å². The number of nitrogens with zero attached hydrogens (tertiary/aromatic N) is 3. The van der Waals surface area contributed by atoms with Gasteiger partial charge >= 0.3 is 0 Å². The number of carbonyl (C=O) groups is 1. The Morgan fingerprint density at radius 3 is 2.37 bits per heavy atom. The van der Waals surface area contributed by atoms with E-state index in [4.69, 9.17) is 0 Å². The average molecular weight is 523 g/mol. The second-order valence-electron chi connectivity index (χ2n) is 12.8. The molecule has 7 rings (SSSR count). The van der Waals surface area contributed by atoms with Gasteiger partial charge < -0.3 is 25.3 Å². The largest absolute Gasteiger partial charge is 0.390 e. The highest BCUT2D eigenvalue weighted by Gasteiger charge is 2.55. The van der Waals surface area contributed by atoms with Crippen molar-refractivity contribution < 1.29 is 19.4 Å². The molecule has 204 valence electrons. The minimum Gasteiger partial charge on any atom is -0.390 e. The summed E-state index contributed by atoms with van der Waals surface area (Å²) in [5, 5.41) is 24.3. The van der Waals surface area contributed by atoms with Gasteiger partial charge in [-0.3, -0.25) is 4.79 Å². The summed E-state index contributed by atoms with van der Waals surface area (Å²) < 4.78 is 15.0. The van der Waals surface area contributed by atoms with Crippen LogP contribution in [0.25, 0.3) is 0 Å². The molecular weight excluding hydrogens is 483 g/mol. The summed E-state index contributed by atoms with van der Waals surface area (Å²) in [4.78, 5) is 22.0. The first-order chi connectivity index (χ1) is 18.0. The third kappa shape index (κ3) is 4.66. The molecule has 0 spiro atoms. The molecule has 2 heterocycles. The van der Waals surface area contributed by atoms with E-state index in [-0.39, 0.29) is 29.5 Å². The van der Waals surface area contributed by atoms with Crippen LogP contribution in [0.1, 0.15) is 68.9 Å². The predicted octanol–water partition coefficient (Wildman–Crippen LogP) is 3.83. The Balaban J connectivity index is 1.14. The van der Waals surface area contributed by atoms with E-state index in [1.807, 2.05) is 36.1 Å². The number of hydrogen-bond acceptors (Lipinski definition) is 6. The summed E-state index contributed by atoms with van der Waals surface area (Å²) in [6, 6.07) is 10.8. The van der Waals surface area contributed by atoms with Crippen LogP contribution in [0.15, 0.2) is 36.4 Å². The number of pyridine rings is 1. The van der Waals surface area contributed by atoms with Crippen molar-refractivity contribution in [3.05, 3.63) is 53.5 Å². The van der Waals surface area contributed by atoms with Gasteiger partial charge in [0, 0.05) is 37.4 Å². The standard InChI is InChI=1S/C30H39FN4O3/c1-18-17-34(23-6-4-22(5-7-23)29(2,3)37)10-11-35(18)27-24(31)8-9-25(32-27)28(36)33-26-20-12-19-13-21(26)16-30(38,14-19)15-20/h4-9,18-21,26,37-38H,10-17H2,1-3H3,(H,33,36)/t18-,19?,20?,21?,26?,30?/m1/s1. The summed E-state index contributed by atoms with van der Waals surface area (Å²) in [5.74, 6) is 0.728. The number of rotatable bonds is 5. The predicted molar refractivity (Wildman–Crippen MR) is 145 cm³/mol. The van der Waals surface area contributed by atoms with Crippen molar-refractivity contribution >= 4 is 17.4 Å². The monoisotopic (exact) mass is 522 g/mol. The average Bonchev–Trinajstić information content (AvgIpc) is 2.85. The molecule has 8 heteroatoms. The van der Waals surface area contributed by atoms with Crippen LogP contribution in [0, 0.1) is 23.6 Å². The van der Waals surface area contributed by atoms with Crippen LogP contribution < -0.4 is 15.1 Å². The lowest BCUT2D eigenvalue weighted by molar-refractivity contribution is -0.136. The van der Waals surface area contributed by atoms with Crippen molar-refractivity contribution in [3.8, 4) is 0 Å². The van der Waals surface area contributed by atoms with Gasteiger partial charge in [0.1, 0.15) is 5.69 Å². The van der Waals surface area contributed by atoms with Crippen molar-refractivity contribution in [1.82, 2.24) is 10.3 Å². The van der Waals surface area contributed by atoms with Crippen molar-refractivity contribution in [2.24, 2.45) is 17.8 Å². The van der Waals surface area contributed by atoms with E-state index in [0.29, 0.717) is 37.4 Å². The van der Waals surface area contributed by atoms with Crippen LogP contribution >= 0.6 is 0 Å². The maximum Gasteiger partial charge on any atom is 0.270 e. The number of aliphatic hydroxyl groups is 2. The van der Waals surface area contributed by atoms with Crippen molar-refractivity contribution in [2.45, 2.75) is 76.2 Å². The zero-order valence-electron chi connectivity index (χ0n) is 22.5. The van der Waals surface area contributed by atoms with Crippen molar-refractivity contribution in [3.63, 3.8) is 0 Å². The molecule has 1 saturated heterocycles. The molecular formula is C30H39FN4O3. The summed E-state index contributed by atoms with van der Waals surface area (Å²) >= 11 is 0. The second-order valence-corrected chi connectivity index (χ2v) is 12.8. The first-order valence-electron chi connectivity index (χ1n) is 14.0. The summed E-state index contributed by atoms with van der Waals surface area (Å²) in [6.07, 6.45) is 4.55. The van der Waals surface area contributed by atoms with Gasteiger partial charge in [-0.05, 0) is 100 Å². The number of carbonyl (C=O) groups excluding carboxylic acids is 1. The lowest BCUT2D eigenvalue weighted by atomic mass is 9.52. The maximum absolute atomic E-state index is 15.0. The molecule has 3 atom stereocenters. The zero-order chi connectivity index (χ0) is 26.8. The molecule has 3 N–H and O–H groups in total. The van der Waals surface area contributed by atoms with E-state index < -0.39 is 17.0 Å². The Kier molecular flexibility index (Phi) is 6.18. The van der Waals surface area contributed by atoms with Crippen molar-refractivity contribution in [1.29, 1.82) is 0 Å². The van der Waals surface area contributed by atoms with Crippen molar-refractivity contribution in [2.75, 3.05) is 29.4 Å². The van der Waals surface area contributed by atoms with E-state index in [1.165, 1.54) is 12.1 Å². The maximum atomic E-state index is 15.0. The third-order valence-electron chi connectivity index (χ3n) is 9.44. The summed E-state index contributed by atoms with van der Waals surface area (Å²) in [6.45, 7) is 7.55. The zero-order valence-corrected chi connectivity index (χ0v) is 22.5. The lowest BCUT2D eigenvalue weighted by Gasteiger charge is -2.58. The molecule has 4 bridgehead atoms. The Bertz CT molecular complexity index is 1200. The number of halogens is 1. The molecule has 1 aliphatic heterocycles. The highest BCUT2D eigenvalue weighted by molar-refractivity contribution is 5.93. The molecule has 7 nitrogen and oxygen atoms in total. The first-order valence-corrected chi connectivity index (χ1v) is 14.0. The normalized spacial score (nSPS) is 32.5. The number of amides is 1. The molecule has 5 fully saturated rings. The van der Waals surface area contributed by atoms with E-state index in [2.05, 4.69) is 15.2 Å². The second kappa shape index (κ2) is 9.19. The smallest absolute Gasteiger partial charge is 0.270 e. The van der Waals surface area contributed by atoms with E-state index in [1.54, 1.807) is 13.8 Å². The fourth-order valence-corrected chi connectivity index (χ4v) is 7.79. The van der Waals surface area contributed by atoms with Crippen LogP contribution in [0.3, 0.4) is 0 Å². The van der Waals surface area contributed by atoms with Gasteiger partial charge in [-0.2, -0.15) is 0 Å². The van der Waals surface area contributed by atoms with Crippen LogP contribution in [-0.2, 0) is 5.60 Å². The number of hydrogen-bond donors (Lipinski definition) is 3. The molecule has 4 aliphatic carbocycles. The van der Waals surface area contributed by atoms with E-state index in [0.717, 1.165) is 43.4 Å². The molecule has 1 aromatic heterocycles. The van der Waals surface area contributed by atoms with Gasteiger partial charge in [0.25, 0.3) is 5.91 Å². The quantitative estimate of drug-likeness (QED) is 0.553. The lowest BCUT2D eigenvalue weighted by Crippen LogP contribution is -2.61. The molecule has 2 aromatic rings. The third-order valence-corrected chi connectivity index (χ3v) is 9.44. The van der Waals surface area contributed by atoms with Gasteiger partial charge in [-0.25, -0.2) is 9.37 Å². The van der Waals surface area contributed by atoms with Crippen LogP contribution in [0.2, 0.25) is 0 Å². The Hall–Kier alpha value is -2.71. The van der Waals surface area contributed by atoms with E-state index >= 15 is 4.39 Å². The summed E-state index contributed by atoms with van der Waals surface area (Å²) in [7, 11) is 0. The summed E-state index contributed by atoms with van der Waals surface area (Å²) in [5.41, 5.74) is 0.729. The number of anilines is 2. The Morgan fingerprint density at radius 1 is 1.08 bits per heavy atom. The fraction of sp³-hybridized carbons (Fsp3) is 0.600. The fourth-order valence-electron chi connectivity index (χ4n) is 7.79. The van der Waals surface area contributed by atoms with Crippen LogP contribution in [0.4, 0.5) is 15.9 Å². The first kappa shape index (κ1) is 25.6. The molecule has 38 heavy (non-hydrogen) atoms. The molecule has 1 aromatic carbocycles. The Labute approximate surface area is 224 Å².